The molecule has 0 bridgehead atoms. The molecule has 0 spiro atoms. The highest BCUT2D eigenvalue weighted by atomic mass is 19.1. The minimum atomic E-state index is -0.488. The van der Waals surface area contributed by atoms with Gasteiger partial charge in [0, 0.05) is 13.3 Å². The molecule has 1 aromatic rings. The summed E-state index contributed by atoms with van der Waals surface area (Å²) in [5.74, 6) is -0.849. The maximum absolute atomic E-state index is 13.6. The Morgan fingerprint density at radius 2 is 2.22 bits per heavy atom. The fourth-order valence-corrected chi connectivity index (χ4v) is 2.28. The Morgan fingerprint density at radius 1 is 1.50 bits per heavy atom. The van der Waals surface area contributed by atoms with Gasteiger partial charge in [0.05, 0.1) is 13.2 Å². The standard InChI is InChI=1S/C13H14FNO3/c1-8(16)15-11(4-6-13(15)17)9-3-5-12(18-2)10(14)7-9/h3,5,7,11H,4,6H2,1-2H3. The van der Waals surface area contributed by atoms with E-state index in [9.17, 15) is 14.0 Å². The number of nitrogens with zero attached hydrogens (tertiary/aromatic N) is 1. The van der Waals surface area contributed by atoms with E-state index in [1.54, 1.807) is 6.07 Å². The van der Waals surface area contributed by atoms with Crippen LogP contribution in [0.3, 0.4) is 0 Å². The van der Waals surface area contributed by atoms with E-state index in [2.05, 4.69) is 0 Å². The topological polar surface area (TPSA) is 46.6 Å². The predicted octanol–water partition coefficient (Wildman–Crippen LogP) is 2.04. The van der Waals surface area contributed by atoms with E-state index in [1.165, 1.54) is 31.1 Å². The molecule has 2 amide bonds. The number of hydrogen-bond donors (Lipinski definition) is 0. The first-order valence-corrected chi connectivity index (χ1v) is 5.70. The molecule has 4 nitrogen and oxygen atoms in total. The van der Waals surface area contributed by atoms with Gasteiger partial charge in [-0.2, -0.15) is 0 Å². The number of methoxy groups -OCH3 is 1. The first-order valence-electron chi connectivity index (χ1n) is 5.70. The Bertz CT molecular complexity index is 501. The van der Waals surface area contributed by atoms with Crippen molar-refractivity contribution in [2.75, 3.05) is 7.11 Å². The molecule has 0 aromatic heterocycles. The average molecular weight is 251 g/mol. The van der Waals surface area contributed by atoms with Gasteiger partial charge in [-0.15, -0.1) is 0 Å². The molecule has 1 aliphatic rings. The van der Waals surface area contributed by atoms with Crippen LogP contribution in [0, 0.1) is 5.82 Å². The fraction of sp³-hybridized carbons (Fsp3) is 0.385. The van der Waals surface area contributed by atoms with Gasteiger partial charge < -0.3 is 4.74 Å². The molecule has 1 heterocycles. The number of imide groups is 1. The minimum absolute atomic E-state index is 0.150. The molecule has 18 heavy (non-hydrogen) atoms. The van der Waals surface area contributed by atoms with Gasteiger partial charge >= 0.3 is 0 Å². The van der Waals surface area contributed by atoms with Crippen molar-refractivity contribution in [3.05, 3.63) is 29.6 Å². The molecule has 0 aliphatic carbocycles. The van der Waals surface area contributed by atoms with Gasteiger partial charge in [-0.05, 0) is 24.1 Å². The van der Waals surface area contributed by atoms with E-state index in [4.69, 9.17) is 4.74 Å². The highest BCUT2D eigenvalue weighted by Crippen LogP contribution is 2.34. The van der Waals surface area contributed by atoms with Crippen molar-refractivity contribution in [2.24, 2.45) is 0 Å². The molecule has 1 saturated heterocycles. The summed E-state index contributed by atoms with van der Waals surface area (Å²) in [5.41, 5.74) is 0.620. The van der Waals surface area contributed by atoms with Crippen molar-refractivity contribution in [2.45, 2.75) is 25.8 Å². The van der Waals surface area contributed by atoms with E-state index in [1.807, 2.05) is 0 Å². The lowest BCUT2D eigenvalue weighted by Crippen LogP contribution is -2.32. The van der Waals surface area contributed by atoms with Crippen LogP contribution in [0.5, 0.6) is 5.75 Å². The maximum atomic E-state index is 13.6. The Labute approximate surface area is 104 Å². The summed E-state index contributed by atoms with van der Waals surface area (Å²) in [6.07, 6.45) is 0.849. The SMILES string of the molecule is COc1ccc(C2CCC(=O)N2C(C)=O)cc1F. The summed E-state index contributed by atoms with van der Waals surface area (Å²) in [6, 6.07) is 4.14. The van der Waals surface area contributed by atoms with Crippen LogP contribution in [0.15, 0.2) is 18.2 Å². The molecule has 1 aromatic carbocycles. The number of hydrogen-bond acceptors (Lipinski definition) is 3. The minimum Gasteiger partial charge on any atom is -0.494 e. The summed E-state index contributed by atoms with van der Waals surface area (Å²) in [6.45, 7) is 1.34. The number of carbonyl (C=O) groups is 2. The third kappa shape index (κ3) is 2.08. The quantitative estimate of drug-likeness (QED) is 0.808. The van der Waals surface area contributed by atoms with E-state index in [-0.39, 0.29) is 23.6 Å². The van der Waals surface area contributed by atoms with Gasteiger partial charge in [-0.25, -0.2) is 4.39 Å². The van der Waals surface area contributed by atoms with Crippen molar-refractivity contribution in [3.8, 4) is 5.75 Å². The lowest BCUT2D eigenvalue weighted by Gasteiger charge is -2.22. The number of benzene rings is 1. The second-order valence-electron chi connectivity index (χ2n) is 4.23. The number of rotatable bonds is 2. The van der Waals surface area contributed by atoms with Gasteiger partial charge in [0.15, 0.2) is 11.6 Å². The smallest absolute Gasteiger partial charge is 0.229 e. The third-order valence-corrected chi connectivity index (χ3v) is 3.11. The van der Waals surface area contributed by atoms with E-state index >= 15 is 0 Å². The lowest BCUT2D eigenvalue weighted by molar-refractivity contribution is -0.142. The van der Waals surface area contributed by atoms with Crippen LogP contribution < -0.4 is 4.74 Å². The Kier molecular flexibility index (Phi) is 3.32. The average Bonchev–Trinajstić information content (AvgIpc) is 2.71. The number of amides is 2. The Balaban J connectivity index is 2.34. The maximum Gasteiger partial charge on any atom is 0.229 e. The first kappa shape index (κ1) is 12.5. The molecule has 0 N–H and O–H groups in total. The molecule has 1 aliphatic heterocycles. The van der Waals surface area contributed by atoms with Crippen molar-refractivity contribution in [1.82, 2.24) is 4.90 Å². The summed E-state index contributed by atoms with van der Waals surface area (Å²) in [5, 5.41) is 0. The molecule has 1 fully saturated rings. The van der Waals surface area contributed by atoms with Crippen LogP contribution in [-0.4, -0.2) is 23.8 Å². The second-order valence-corrected chi connectivity index (χ2v) is 4.23. The highest BCUT2D eigenvalue weighted by molar-refractivity contribution is 5.96. The van der Waals surface area contributed by atoms with E-state index < -0.39 is 5.82 Å². The molecule has 2 rings (SSSR count). The molecule has 0 saturated carbocycles. The largest absolute Gasteiger partial charge is 0.494 e. The van der Waals surface area contributed by atoms with Crippen LogP contribution in [0.25, 0.3) is 0 Å². The predicted molar refractivity (Wildman–Crippen MR) is 62.5 cm³/mol. The number of carbonyl (C=O) groups excluding carboxylic acids is 2. The summed E-state index contributed by atoms with van der Waals surface area (Å²) >= 11 is 0. The van der Waals surface area contributed by atoms with Gasteiger partial charge in [-0.1, -0.05) is 6.07 Å². The third-order valence-electron chi connectivity index (χ3n) is 3.11. The van der Waals surface area contributed by atoms with Crippen molar-refractivity contribution < 1.29 is 18.7 Å². The van der Waals surface area contributed by atoms with Crippen LogP contribution >= 0.6 is 0 Å². The summed E-state index contributed by atoms with van der Waals surface area (Å²) < 4.78 is 18.5. The highest BCUT2D eigenvalue weighted by Gasteiger charge is 2.35. The fourth-order valence-electron chi connectivity index (χ4n) is 2.28. The number of halogens is 1. The van der Waals surface area contributed by atoms with Crippen molar-refractivity contribution in [3.63, 3.8) is 0 Å². The van der Waals surface area contributed by atoms with Gasteiger partial charge in [0.1, 0.15) is 0 Å². The Morgan fingerprint density at radius 3 is 2.78 bits per heavy atom. The molecule has 1 atom stereocenters. The van der Waals surface area contributed by atoms with Crippen LogP contribution in [0.1, 0.15) is 31.4 Å². The zero-order valence-corrected chi connectivity index (χ0v) is 10.3. The zero-order chi connectivity index (χ0) is 13.3. The Hall–Kier alpha value is -1.91. The number of likely N-dealkylation sites (tertiary alicyclic amines) is 1. The number of ether oxygens (including phenoxy) is 1. The van der Waals surface area contributed by atoms with Crippen LogP contribution in [0.2, 0.25) is 0 Å². The van der Waals surface area contributed by atoms with Crippen molar-refractivity contribution in [1.29, 1.82) is 0 Å². The van der Waals surface area contributed by atoms with Gasteiger partial charge in [0.25, 0.3) is 0 Å². The second kappa shape index (κ2) is 4.76. The molecule has 96 valence electrons. The van der Waals surface area contributed by atoms with E-state index in [0.29, 0.717) is 18.4 Å². The molecular formula is C13H14FNO3. The molecular weight excluding hydrogens is 237 g/mol. The van der Waals surface area contributed by atoms with Gasteiger partial charge in [-0.3, -0.25) is 14.5 Å². The molecule has 0 radical (unpaired) electrons. The molecule has 5 heteroatoms. The van der Waals surface area contributed by atoms with Gasteiger partial charge in [0.2, 0.25) is 11.8 Å². The lowest BCUT2D eigenvalue weighted by atomic mass is 10.0. The van der Waals surface area contributed by atoms with Crippen LogP contribution in [-0.2, 0) is 9.59 Å². The molecule has 1 unspecified atom stereocenters. The van der Waals surface area contributed by atoms with E-state index in [0.717, 1.165) is 0 Å². The zero-order valence-electron chi connectivity index (χ0n) is 10.3. The van der Waals surface area contributed by atoms with Crippen molar-refractivity contribution >= 4 is 11.8 Å². The summed E-state index contributed by atoms with van der Waals surface area (Å²) in [7, 11) is 1.39. The first-order chi connectivity index (χ1) is 8.54. The monoisotopic (exact) mass is 251 g/mol. The normalized spacial score (nSPS) is 19.2. The summed E-state index contributed by atoms with van der Waals surface area (Å²) in [4.78, 5) is 24.2. The van der Waals surface area contributed by atoms with Crippen LogP contribution in [0.4, 0.5) is 4.39 Å².